The molecule has 0 atom stereocenters. The highest BCUT2D eigenvalue weighted by Gasteiger charge is 2.31. The van der Waals surface area contributed by atoms with Crippen molar-refractivity contribution in [3.63, 3.8) is 0 Å². The lowest BCUT2D eigenvalue weighted by Gasteiger charge is -2.33. The van der Waals surface area contributed by atoms with Crippen molar-refractivity contribution in [1.29, 1.82) is 0 Å². The fourth-order valence-electron chi connectivity index (χ4n) is 4.56. The average molecular weight is 460 g/mol. The molecule has 4 rings (SSSR count). The molecule has 9 heteroatoms. The smallest absolute Gasteiger partial charge is 0.275 e. The van der Waals surface area contributed by atoms with E-state index in [-0.39, 0.29) is 28.4 Å². The van der Waals surface area contributed by atoms with Gasteiger partial charge in [-0.1, -0.05) is 18.5 Å². The summed E-state index contributed by atoms with van der Waals surface area (Å²) >= 11 is 6.50. The van der Waals surface area contributed by atoms with Crippen molar-refractivity contribution in [1.82, 2.24) is 25.4 Å². The number of H-pyrrole nitrogens is 1. The van der Waals surface area contributed by atoms with Gasteiger partial charge in [0.1, 0.15) is 0 Å². The molecule has 1 saturated carbocycles. The summed E-state index contributed by atoms with van der Waals surface area (Å²) in [5.74, 6) is 1.06. The monoisotopic (exact) mass is 459 g/mol. The van der Waals surface area contributed by atoms with E-state index in [1.54, 1.807) is 23.2 Å². The van der Waals surface area contributed by atoms with E-state index in [0.717, 1.165) is 24.3 Å². The van der Waals surface area contributed by atoms with Gasteiger partial charge in [0.2, 0.25) is 11.8 Å². The number of aromatic amines is 1. The zero-order chi connectivity index (χ0) is 22.7. The summed E-state index contributed by atoms with van der Waals surface area (Å²) in [5.41, 5.74) is 1.48. The number of carbonyl (C=O) groups is 2. The van der Waals surface area contributed by atoms with Gasteiger partial charge in [-0.25, -0.2) is 4.98 Å². The SMILES string of the molecule is COc1cc(-c2[nH]nc(C(=O)N3CCC(C(=O)N[C@H]4CC[C@@H](C)CC4)CC3)c2Cl)ccn1. The van der Waals surface area contributed by atoms with Gasteiger partial charge < -0.3 is 15.0 Å². The Morgan fingerprint density at radius 1 is 1.19 bits per heavy atom. The predicted molar refractivity (Wildman–Crippen MR) is 122 cm³/mol. The third-order valence-corrected chi connectivity index (χ3v) is 7.03. The van der Waals surface area contributed by atoms with Crippen molar-refractivity contribution in [2.45, 2.75) is 51.5 Å². The number of carbonyl (C=O) groups excluding carboxylic acids is 2. The first kappa shape index (κ1) is 22.6. The number of nitrogens with zero attached hydrogens (tertiary/aromatic N) is 3. The predicted octanol–water partition coefficient (Wildman–Crippen LogP) is 3.68. The first-order valence-corrected chi connectivity index (χ1v) is 11.7. The number of methoxy groups -OCH3 is 1. The molecule has 1 aliphatic heterocycles. The van der Waals surface area contributed by atoms with Crippen LogP contribution in [0.25, 0.3) is 11.3 Å². The van der Waals surface area contributed by atoms with Crippen molar-refractivity contribution in [3.8, 4) is 17.1 Å². The minimum atomic E-state index is -0.223. The van der Waals surface area contributed by atoms with Crippen LogP contribution in [0.1, 0.15) is 55.9 Å². The summed E-state index contributed by atoms with van der Waals surface area (Å²) in [4.78, 5) is 31.5. The van der Waals surface area contributed by atoms with Gasteiger partial charge in [-0.05, 0) is 50.5 Å². The van der Waals surface area contributed by atoms with Crippen molar-refractivity contribution in [2.24, 2.45) is 11.8 Å². The molecule has 2 aromatic rings. The molecule has 0 bridgehead atoms. The second kappa shape index (κ2) is 9.90. The van der Waals surface area contributed by atoms with Crippen molar-refractivity contribution in [2.75, 3.05) is 20.2 Å². The van der Waals surface area contributed by atoms with Crippen LogP contribution >= 0.6 is 11.6 Å². The van der Waals surface area contributed by atoms with E-state index in [2.05, 4.69) is 27.4 Å². The van der Waals surface area contributed by atoms with Gasteiger partial charge in [0.05, 0.1) is 17.8 Å². The molecule has 172 valence electrons. The van der Waals surface area contributed by atoms with Gasteiger partial charge in [0, 0.05) is 42.9 Å². The molecule has 3 heterocycles. The molecule has 0 unspecified atom stereocenters. The lowest BCUT2D eigenvalue weighted by Crippen LogP contribution is -2.46. The Kier molecular flexibility index (Phi) is 6.98. The lowest BCUT2D eigenvalue weighted by atomic mass is 9.86. The minimum Gasteiger partial charge on any atom is -0.481 e. The Labute approximate surface area is 193 Å². The van der Waals surface area contributed by atoms with E-state index in [0.29, 0.717) is 43.5 Å². The van der Waals surface area contributed by atoms with Gasteiger partial charge in [-0.3, -0.25) is 14.7 Å². The molecule has 2 aromatic heterocycles. The number of hydrogen-bond acceptors (Lipinski definition) is 5. The molecule has 2 N–H and O–H groups in total. The van der Waals surface area contributed by atoms with Crippen molar-refractivity contribution < 1.29 is 14.3 Å². The van der Waals surface area contributed by atoms with Crippen LogP contribution < -0.4 is 10.1 Å². The maximum Gasteiger partial charge on any atom is 0.275 e. The zero-order valence-corrected chi connectivity index (χ0v) is 19.3. The number of aromatic nitrogens is 3. The highest BCUT2D eigenvalue weighted by atomic mass is 35.5. The Hall–Kier alpha value is -2.61. The van der Waals surface area contributed by atoms with Crippen LogP contribution in [-0.2, 0) is 4.79 Å². The largest absolute Gasteiger partial charge is 0.481 e. The summed E-state index contributed by atoms with van der Waals surface area (Å²) in [7, 11) is 1.54. The topological polar surface area (TPSA) is 100 Å². The van der Waals surface area contributed by atoms with Crippen LogP contribution in [0.5, 0.6) is 5.88 Å². The molecule has 0 spiro atoms. The lowest BCUT2D eigenvalue weighted by molar-refractivity contribution is -0.127. The molecule has 1 aliphatic carbocycles. The van der Waals surface area contributed by atoms with Crippen LogP contribution in [0.15, 0.2) is 18.3 Å². The number of rotatable bonds is 5. The van der Waals surface area contributed by atoms with E-state index in [1.807, 2.05) is 0 Å². The quantitative estimate of drug-likeness (QED) is 0.710. The van der Waals surface area contributed by atoms with Crippen molar-refractivity contribution >= 4 is 23.4 Å². The molecule has 2 aliphatic rings. The molecule has 8 nitrogen and oxygen atoms in total. The maximum atomic E-state index is 13.0. The number of likely N-dealkylation sites (tertiary alicyclic amines) is 1. The Morgan fingerprint density at radius 2 is 1.91 bits per heavy atom. The molecule has 1 saturated heterocycles. The Morgan fingerprint density at radius 3 is 2.59 bits per heavy atom. The zero-order valence-electron chi connectivity index (χ0n) is 18.6. The number of piperidine rings is 1. The summed E-state index contributed by atoms with van der Waals surface area (Å²) in [6.07, 6.45) is 7.39. The van der Waals surface area contributed by atoms with Crippen LogP contribution in [0.4, 0.5) is 0 Å². The summed E-state index contributed by atoms with van der Waals surface area (Å²) in [6, 6.07) is 3.80. The minimum absolute atomic E-state index is 0.0482. The highest BCUT2D eigenvalue weighted by Crippen LogP contribution is 2.31. The van der Waals surface area contributed by atoms with E-state index >= 15 is 0 Å². The number of halogens is 1. The molecular weight excluding hydrogens is 430 g/mol. The third kappa shape index (κ3) is 4.90. The van der Waals surface area contributed by atoms with E-state index in [9.17, 15) is 9.59 Å². The van der Waals surface area contributed by atoms with Crippen LogP contribution in [-0.4, -0.2) is 58.1 Å². The number of pyridine rings is 1. The second-order valence-corrected chi connectivity index (χ2v) is 9.26. The highest BCUT2D eigenvalue weighted by molar-refractivity contribution is 6.36. The van der Waals surface area contributed by atoms with Gasteiger partial charge in [0.25, 0.3) is 5.91 Å². The molecule has 0 aromatic carbocycles. The van der Waals surface area contributed by atoms with Gasteiger partial charge in [-0.2, -0.15) is 5.10 Å². The average Bonchev–Trinajstić information content (AvgIpc) is 3.21. The summed E-state index contributed by atoms with van der Waals surface area (Å²) in [6.45, 7) is 3.30. The van der Waals surface area contributed by atoms with Crippen LogP contribution in [0.2, 0.25) is 5.02 Å². The van der Waals surface area contributed by atoms with Crippen LogP contribution in [0.3, 0.4) is 0 Å². The number of hydrogen-bond donors (Lipinski definition) is 2. The fourth-order valence-corrected chi connectivity index (χ4v) is 4.83. The van der Waals surface area contributed by atoms with E-state index in [4.69, 9.17) is 16.3 Å². The molecular formula is C23H30ClN5O3. The first-order valence-electron chi connectivity index (χ1n) is 11.3. The van der Waals surface area contributed by atoms with Gasteiger partial charge in [0.15, 0.2) is 5.69 Å². The molecule has 2 amide bonds. The van der Waals surface area contributed by atoms with E-state index in [1.165, 1.54) is 20.0 Å². The first-order chi connectivity index (χ1) is 15.5. The normalized spacial score (nSPS) is 21.9. The van der Waals surface area contributed by atoms with Crippen LogP contribution in [0, 0.1) is 11.8 Å². The fraction of sp³-hybridized carbons (Fsp3) is 0.565. The third-order valence-electron chi connectivity index (χ3n) is 6.66. The van der Waals surface area contributed by atoms with Gasteiger partial charge in [-0.15, -0.1) is 0 Å². The molecule has 0 radical (unpaired) electrons. The molecule has 2 fully saturated rings. The second-order valence-electron chi connectivity index (χ2n) is 8.88. The molecule has 32 heavy (non-hydrogen) atoms. The number of amides is 2. The Balaban J connectivity index is 1.34. The standard InChI is InChI=1S/C23H30ClN5O3/c1-14-3-5-17(6-4-14)26-22(30)15-8-11-29(12-9-15)23(31)21-19(24)20(27-28-21)16-7-10-25-18(13-16)32-2/h7,10,13-15,17H,3-6,8-9,11-12H2,1-2H3,(H,26,30)(H,27,28)/t14-,17+. The maximum absolute atomic E-state index is 13.0. The van der Waals surface area contributed by atoms with Crippen molar-refractivity contribution in [3.05, 3.63) is 29.0 Å². The van der Waals surface area contributed by atoms with E-state index < -0.39 is 0 Å². The Bertz CT molecular complexity index is 962. The number of ether oxygens (including phenoxy) is 1. The van der Waals surface area contributed by atoms with Gasteiger partial charge >= 0.3 is 0 Å². The summed E-state index contributed by atoms with van der Waals surface area (Å²) in [5, 5.41) is 10.5. The number of nitrogens with one attached hydrogen (secondary N) is 2. The summed E-state index contributed by atoms with van der Waals surface area (Å²) < 4.78 is 5.15.